The topological polar surface area (TPSA) is 64.4 Å². The van der Waals surface area contributed by atoms with E-state index >= 15 is 0 Å². The molecular formula is C23H29N5O2. The molecule has 2 aromatic heterocycles. The lowest BCUT2D eigenvalue weighted by Crippen LogP contribution is -2.38. The van der Waals surface area contributed by atoms with Gasteiger partial charge < -0.3 is 14.8 Å². The second-order valence-electron chi connectivity index (χ2n) is 7.78. The number of morpholine rings is 1. The van der Waals surface area contributed by atoms with E-state index in [1.807, 2.05) is 42.9 Å². The van der Waals surface area contributed by atoms with Crippen molar-refractivity contribution in [3.8, 4) is 5.75 Å². The summed E-state index contributed by atoms with van der Waals surface area (Å²) in [5.74, 6) is 2.50. The molecule has 7 heteroatoms. The normalized spacial score (nSPS) is 17.1. The van der Waals surface area contributed by atoms with Gasteiger partial charge in [0.05, 0.1) is 19.4 Å². The minimum atomic E-state index is -0.0672. The summed E-state index contributed by atoms with van der Waals surface area (Å²) in [6.07, 6.45) is -0.0672. The molecule has 1 aliphatic heterocycles. The molecule has 3 heterocycles. The van der Waals surface area contributed by atoms with Crippen molar-refractivity contribution in [3.63, 3.8) is 0 Å². The number of aromatic nitrogens is 3. The van der Waals surface area contributed by atoms with E-state index in [9.17, 15) is 0 Å². The Kier molecular flexibility index (Phi) is 6.01. The molecule has 0 amide bonds. The maximum absolute atomic E-state index is 6.05. The van der Waals surface area contributed by atoms with Crippen LogP contribution in [0.2, 0.25) is 0 Å². The van der Waals surface area contributed by atoms with Crippen LogP contribution in [0.5, 0.6) is 5.75 Å². The van der Waals surface area contributed by atoms with Crippen molar-refractivity contribution in [1.29, 1.82) is 0 Å². The molecule has 1 atom stereocenters. The van der Waals surface area contributed by atoms with E-state index in [1.165, 1.54) is 11.1 Å². The molecule has 0 unspecified atom stereocenters. The number of pyridine rings is 1. The number of hydrogen-bond donors (Lipinski definition) is 1. The van der Waals surface area contributed by atoms with Gasteiger partial charge in [-0.3, -0.25) is 9.58 Å². The van der Waals surface area contributed by atoms with Gasteiger partial charge in [0, 0.05) is 44.0 Å². The largest absolute Gasteiger partial charge is 0.496 e. The number of rotatable bonds is 6. The zero-order valence-electron chi connectivity index (χ0n) is 18.1. The van der Waals surface area contributed by atoms with Gasteiger partial charge in [0.25, 0.3) is 0 Å². The van der Waals surface area contributed by atoms with Crippen molar-refractivity contribution in [2.75, 3.05) is 32.1 Å². The van der Waals surface area contributed by atoms with E-state index in [-0.39, 0.29) is 6.10 Å². The van der Waals surface area contributed by atoms with Crippen LogP contribution in [0.3, 0.4) is 0 Å². The first kappa shape index (κ1) is 20.4. The van der Waals surface area contributed by atoms with Crippen LogP contribution in [-0.4, -0.2) is 46.5 Å². The van der Waals surface area contributed by atoms with Gasteiger partial charge in [0.15, 0.2) is 5.82 Å². The second kappa shape index (κ2) is 8.85. The minimum absolute atomic E-state index is 0.0672. The number of nitrogens with zero attached hydrogens (tertiary/aromatic N) is 4. The second-order valence-corrected chi connectivity index (χ2v) is 7.78. The number of aryl methyl sites for hydroxylation is 3. The summed E-state index contributed by atoms with van der Waals surface area (Å²) in [5, 5.41) is 7.73. The Morgan fingerprint density at radius 2 is 2.03 bits per heavy atom. The van der Waals surface area contributed by atoms with Crippen molar-refractivity contribution in [2.24, 2.45) is 7.05 Å². The molecule has 0 aliphatic carbocycles. The first-order chi connectivity index (χ1) is 14.5. The number of hydrogen-bond acceptors (Lipinski definition) is 6. The van der Waals surface area contributed by atoms with Crippen molar-refractivity contribution in [1.82, 2.24) is 19.7 Å². The van der Waals surface area contributed by atoms with Crippen LogP contribution in [0.1, 0.15) is 28.6 Å². The molecule has 30 heavy (non-hydrogen) atoms. The highest BCUT2D eigenvalue weighted by Crippen LogP contribution is 2.26. The zero-order valence-corrected chi connectivity index (χ0v) is 18.1. The molecular weight excluding hydrogens is 378 g/mol. The number of anilines is 2. The van der Waals surface area contributed by atoms with Gasteiger partial charge in [0.1, 0.15) is 17.7 Å². The highest BCUT2D eigenvalue weighted by atomic mass is 16.5. The summed E-state index contributed by atoms with van der Waals surface area (Å²) in [6.45, 7) is 7.28. The smallest absolute Gasteiger partial charge is 0.153 e. The van der Waals surface area contributed by atoms with Crippen LogP contribution in [0, 0.1) is 13.8 Å². The highest BCUT2D eigenvalue weighted by molar-refractivity contribution is 5.52. The molecule has 0 spiro atoms. The fraction of sp³-hybridized carbons (Fsp3) is 0.391. The van der Waals surface area contributed by atoms with Gasteiger partial charge in [0.2, 0.25) is 0 Å². The molecule has 7 nitrogen and oxygen atoms in total. The summed E-state index contributed by atoms with van der Waals surface area (Å²) < 4.78 is 13.5. The molecule has 1 saturated heterocycles. The Morgan fingerprint density at radius 3 is 2.80 bits per heavy atom. The fourth-order valence-corrected chi connectivity index (χ4v) is 3.70. The van der Waals surface area contributed by atoms with Crippen LogP contribution < -0.4 is 10.1 Å². The Balaban J connectivity index is 1.45. The standard InChI is InChI=1S/C23H29N5O2/c1-16-8-9-18(20(12-16)29-4)14-28-10-11-30-21(15-28)19-6-5-7-22(24-19)25-23-13-17(2)27(3)26-23/h5-9,12-13,21H,10-11,14-15H2,1-4H3,(H,24,25,26)/t21-/m0/s1. The number of nitrogens with one attached hydrogen (secondary N) is 1. The molecule has 1 aromatic carbocycles. The SMILES string of the molecule is COc1cc(C)ccc1CN1CCO[C@H](c2cccc(Nc3cc(C)n(C)n3)n2)C1. The Hall–Kier alpha value is -2.90. The Labute approximate surface area is 177 Å². The van der Waals surface area contributed by atoms with E-state index in [0.717, 1.165) is 48.4 Å². The lowest BCUT2D eigenvalue weighted by molar-refractivity contribution is -0.0350. The third kappa shape index (κ3) is 4.63. The van der Waals surface area contributed by atoms with Crippen LogP contribution >= 0.6 is 0 Å². The predicted octanol–water partition coefficient (Wildman–Crippen LogP) is 3.76. The maximum atomic E-state index is 6.05. The molecule has 1 aliphatic rings. The van der Waals surface area contributed by atoms with Crippen LogP contribution in [0.25, 0.3) is 0 Å². The van der Waals surface area contributed by atoms with Crippen molar-refractivity contribution in [3.05, 3.63) is 65.0 Å². The fourth-order valence-electron chi connectivity index (χ4n) is 3.70. The molecule has 0 bridgehead atoms. The summed E-state index contributed by atoms with van der Waals surface area (Å²) >= 11 is 0. The van der Waals surface area contributed by atoms with Crippen molar-refractivity contribution in [2.45, 2.75) is 26.5 Å². The van der Waals surface area contributed by atoms with E-state index in [0.29, 0.717) is 6.61 Å². The van der Waals surface area contributed by atoms with E-state index in [2.05, 4.69) is 40.4 Å². The third-order valence-corrected chi connectivity index (χ3v) is 5.46. The maximum Gasteiger partial charge on any atom is 0.153 e. The summed E-state index contributed by atoms with van der Waals surface area (Å²) in [7, 11) is 3.66. The van der Waals surface area contributed by atoms with Crippen molar-refractivity contribution >= 4 is 11.6 Å². The molecule has 0 radical (unpaired) electrons. The van der Waals surface area contributed by atoms with Gasteiger partial charge in [-0.05, 0) is 37.6 Å². The summed E-state index contributed by atoms with van der Waals surface area (Å²) in [5.41, 5.74) is 4.41. The highest BCUT2D eigenvalue weighted by Gasteiger charge is 2.24. The summed E-state index contributed by atoms with van der Waals surface area (Å²) in [4.78, 5) is 7.17. The van der Waals surface area contributed by atoms with Gasteiger partial charge in [-0.25, -0.2) is 4.98 Å². The number of benzene rings is 1. The molecule has 3 aromatic rings. The van der Waals surface area contributed by atoms with Gasteiger partial charge in [-0.2, -0.15) is 5.10 Å². The average Bonchev–Trinajstić information content (AvgIpc) is 3.06. The number of methoxy groups -OCH3 is 1. The monoisotopic (exact) mass is 407 g/mol. The van der Waals surface area contributed by atoms with Gasteiger partial charge in [-0.1, -0.05) is 18.2 Å². The molecule has 1 fully saturated rings. The minimum Gasteiger partial charge on any atom is -0.496 e. The first-order valence-electron chi connectivity index (χ1n) is 10.2. The van der Waals surface area contributed by atoms with Gasteiger partial charge >= 0.3 is 0 Å². The van der Waals surface area contributed by atoms with E-state index < -0.39 is 0 Å². The Morgan fingerprint density at radius 1 is 1.17 bits per heavy atom. The average molecular weight is 408 g/mol. The molecule has 1 N–H and O–H groups in total. The van der Waals surface area contributed by atoms with Crippen LogP contribution in [-0.2, 0) is 18.3 Å². The van der Waals surface area contributed by atoms with E-state index in [4.69, 9.17) is 14.5 Å². The molecule has 0 saturated carbocycles. The van der Waals surface area contributed by atoms with Crippen LogP contribution in [0.4, 0.5) is 11.6 Å². The van der Waals surface area contributed by atoms with Crippen molar-refractivity contribution < 1.29 is 9.47 Å². The molecule has 158 valence electrons. The quantitative estimate of drug-likeness (QED) is 0.671. The lowest BCUT2D eigenvalue weighted by Gasteiger charge is -2.33. The van der Waals surface area contributed by atoms with Gasteiger partial charge in [-0.15, -0.1) is 0 Å². The van der Waals surface area contributed by atoms with Crippen LogP contribution in [0.15, 0.2) is 42.5 Å². The number of ether oxygens (including phenoxy) is 2. The third-order valence-electron chi connectivity index (χ3n) is 5.46. The van der Waals surface area contributed by atoms with E-state index in [1.54, 1.807) is 7.11 Å². The summed E-state index contributed by atoms with van der Waals surface area (Å²) in [6, 6.07) is 14.3. The molecule has 4 rings (SSSR count). The first-order valence-corrected chi connectivity index (χ1v) is 10.2. The Bertz CT molecular complexity index is 997. The lowest BCUT2D eigenvalue weighted by atomic mass is 10.1. The zero-order chi connectivity index (χ0) is 21.1. The predicted molar refractivity (Wildman–Crippen MR) is 117 cm³/mol.